The Labute approximate surface area is 202 Å². The number of benzene rings is 1. The topological polar surface area (TPSA) is 136 Å². The summed E-state index contributed by atoms with van der Waals surface area (Å²) in [5.41, 5.74) is 2.36. The number of allylic oxidation sites excluding steroid dienone is 2. The molecule has 11 heteroatoms. The molecule has 0 radical (unpaired) electrons. The summed E-state index contributed by atoms with van der Waals surface area (Å²) in [6.07, 6.45) is 0.442. The number of carboxylic acid groups (broad SMARTS) is 1. The lowest BCUT2D eigenvalue weighted by atomic mass is 9.84. The summed E-state index contributed by atoms with van der Waals surface area (Å²) in [7, 11) is 1.39. The van der Waals surface area contributed by atoms with Crippen LogP contribution in [-0.4, -0.2) is 61.9 Å². The highest BCUT2D eigenvalue weighted by Gasteiger charge is 2.37. The third kappa shape index (κ3) is 7.57. The largest absolute Gasteiger partial charge is 0.478 e. The van der Waals surface area contributed by atoms with Crippen LogP contribution < -0.4 is 10.6 Å². The van der Waals surface area contributed by atoms with E-state index in [9.17, 15) is 14.7 Å². The Morgan fingerprint density at radius 1 is 1.29 bits per heavy atom. The van der Waals surface area contributed by atoms with Crippen LogP contribution in [0.1, 0.15) is 25.3 Å². The van der Waals surface area contributed by atoms with Gasteiger partial charge in [-0.15, -0.1) is 0 Å². The molecular formula is C23H29ClN2O8. The molecule has 34 heavy (non-hydrogen) atoms. The first-order valence-corrected chi connectivity index (χ1v) is 10.9. The zero-order valence-electron chi connectivity index (χ0n) is 19.2. The van der Waals surface area contributed by atoms with E-state index in [1.165, 1.54) is 7.11 Å². The predicted molar refractivity (Wildman–Crippen MR) is 123 cm³/mol. The average Bonchev–Trinajstić information content (AvgIpc) is 2.81. The number of hydrogen-bond donors (Lipinski definition) is 4. The number of methoxy groups -OCH3 is 1. The molecule has 0 saturated heterocycles. The molecule has 0 saturated carbocycles. The minimum absolute atomic E-state index is 0.0674. The molecule has 2 unspecified atom stereocenters. The third-order valence-electron chi connectivity index (χ3n) is 4.78. The molecule has 0 aromatic heterocycles. The van der Waals surface area contributed by atoms with Gasteiger partial charge in [0.15, 0.2) is 12.0 Å². The van der Waals surface area contributed by atoms with Crippen LogP contribution >= 0.6 is 11.6 Å². The highest BCUT2D eigenvalue weighted by Crippen LogP contribution is 2.42. The number of aliphatic hydroxyl groups excluding tert-OH is 1. The summed E-state index contributed by atoms with van der Waals surface area (Å²) >= 11 is 6.49. The van der Waals surface area contributed by atoms with Gasteiger partial charge >= 0.3 is 5.97 Å². The van der Waals surface area contributed by atoms with Gasteiger partial charge in [0.1, 0.15) is 0 Å². The number of rotatable bonds is 13. The van der Waals surface area contributed by atoms with Crippen molar-refractivity contribution < 1.29 is 39.1 Å². The van der Waals surface area contributed by atoms with Gasteiger partial charge in [0, 0.05) is 42.1 Å². The number of halogens is 1. The molecule has 1 aliphatic rings. The molecule has 0 aliphatic carbocycles. The molecule has 1 heterocycles. The molecule has 2 atom stereocenters. The normalized spacial score (nSPS) is 17.0. The van der Waals surface area contributed by atoms with E-state index in [4.69, 9.17) is 36.0 Å². The second kappa shape index (κ2) is 13.7. The van der Waals surface area contributed by atoms with Crippen LogP contribution in [0.5, 0.6) is 0 Å². The molecule has 1 amide bonds. The second-order valence-corrected chi connectivity index (χ2v) is 7.50. The molecule has 2 rings (SSSR count). The molecule has 4 N–H and O–H groups in total. The van der Waals surface area contributed by atoms with Gasteiger partial charge in [0.2, 0.25) is 5.91 Å². The maximum atomic E-state index is 11.6. The van der Waals surface area contributed by atoms with Gasteiger partial charge in [0.25, 0.3) is 0 Å². The lowest BCUT2D eigenvalue weighted by Gasteiger charge is -2.34. The molecular weight excluding hydrogens is 468 g/mol. The highest BCUT2D eigenvalue weighted by atomic mass is 35.5. The van der Waals surface area contributed by atoms with Crippen molar-refractivity contribution in [2.24, 2.45) is 0 Å². The summed E-state index contributed by atoms with van der Waals surface area (Å²) in [5.74, 6) is -2.02. The van der Waals surface area contributed by atoms with Crippen molar-refractivity contribution in [3.63, 3.8) is 0 Å². The molecule has 10 nitrogen and oxygen atoms in total. The summed E-state index contributed by atoms with van der Waals surface area (Å²) in [6, 6.07) is 7.18. The Morgan fingerprint density at radius 2 is 2.03 bits per heavy atom. The summed E-state index contributed by atoms with van der Waals surface area (Å²) < 4.78 is 10.9. The molecule has 1 aromatic rings. The van der Waals surface area contributed by atoms with Gasteiger partial charge < -0.3 is 35.2 Å². The number of carbonyl (C=O) groups excluding carboxylic acids is 1. The van der Waals surface area contributed by atoms with Crippen molar-refractivity contribution in [1.29, 1.82) is 0 Å². The quantitative estimate of drug-likeness (QED) is 0.106. The van der Waals surface area contributed by atoms with Crippen LogP contribution in [0.3, 0.4) is 0 Å². The van der Waals surface area contributed by atoms with Gasteiger partial charge in [-0.05, 0) is 25.5 Å². The van der Waals surface area contributed by atoms with Crippen molar-refractivity contribution in [2.75, 3.05) is 33.5 Å². The SMILES string of the molecule is CCOOC1=C(COCCNC(=O)/C=C\C(=O)O)NC(C)=C(C(O)OC)C1c1ccccc1Cl. The number of amides is 1. The zero-order chi connectivity index (χ0) is 25.1. The maximum Gasteiger partial charge on any atom is 0.328 e. The molecule has 0 fully saturated rings. The van der Waals surface area contributed by atoms with Crippen molar-refractivity contribution in [3.8, 4) is 0 Å². The van der Waals surface area contributed by atoms with E-state index in [-0.39, 0.29) is 26.4 Å². The number of nitrogens with one attached hydrogen (secondary N) is 2. The van der Waals surface area contributed by atoms with E-state index in [0.717, 1.165) is 12.2 Å². The number of aliphatic hydroxyl groups is 1. The van der Waals surface area contributed by atoms with Crippen LogP contribution in [-0.2, 0) is 28.8 Å². The highest BCUT2D eigenvalue weighted by molar-refractivity contribution is 6.31. The van der Waals surface area contributed by atoms with E-state index in [1.807, 2.05) is 12.1 Å². The molecule has 0 spiro atoms. The summed E-state index contributed by atoms with van der Waals surface area (Å²) in [4.78, 5) is 32.9. The fraction of sp³-hybridized carbons (Fsp3) is 0.391. The van der Waals surface area contributed by atoms with Gasteiger partial charge in [0.05, 0.1) is 31.4 Å². The van der Waals surface area contributed by atoms with Crippen LogP contribution in [0.2, 0.25) is 5.02 Å². The Bertz CT molecular complexity index is 960. The van der Waals surface area contributed by atoms with Crippen molar-refractivity contribution in [1.82, 2.24) is 10.6 Å². The zero-order valence-corrected chi connectivity index (χ0v) is 19.9. The van der Waals surface area contributed by atoms with Gasteiger partial charge in [-0.3, -0.25) is 4.79 Å². The number of carbonyl (C=O) groups is 2. The monoisotopic (exact) mass is 496 g/mol. The standard InChI is InChI=1S/C23H29ClN2O8/c1-4-33-34-22-17(13-32-12-11-25-18(27)9-10-19(28)29)26-14(2)20(23(30)31-3)21(22)15-7-5-6-8-16(15)24/h5-10,21,23,26,30H,4,11-13H2,1-3H3,(H,25,27)(H,28,29)/b10-9-. The molecule has 1 aliphatic heterocycles. The Kier molecular flexibility index (Phi) is 11.0. The maximum absolute atomic E-state index is 11.6. The summed E-state index contributed by atoms with van der Waals surface area (Å²) in [6.45, 7) is 4.20. The first-order chi connectivity index (χ1) is 16.3. The molecule has 0 bridgehead atoms. The van der Waals surface area contributed by atoms with Crippen molar-refractivity contribution >= 4 is 23.5 Å². The van der Waals surface area contributed by atoms with Gasteiger partial charge in [-0.1, -0.05) is 29.8 Å². The third-order valence-corrected chi connectivity index (χ3v) is 5.13. The Hall–Kier alpha value is -2.89. The van der Waals surface area contributed by atoms with Crippen molar-refractivity contribution in [3.05, 3.63) is 69.7 Å². The summed E-state index contributed by atoms with van der Waals surface area (Å²) in [5, 5.41) is 25.3. The minimum atomic E-state index is -1.23. The van der Waals surface area contributed by atoms with E-state index in [1.54, 1.807) is 26.0 Å². The van der Waals surface area contributed by atoms with Crippen LogP contribution in [0.15, 0.2) is 59.1 Å². The van der Waals surface area contributed by atoms with Crippen LogP contribution in [0.4, 0.5) is 0 Å². The predicted octanol–water partition coefficient (Wildman–Crippen LogP) is 2.22. The number of dihydropyridines is 1. The molecule has 186 valence electrons. The first kappa shape index (κ1) is 27.4. The number of ether oxygens (including phenoxy) is 2. The Morgan fingerprint density at radius 3 is 2.68 bits per heavy atom. The van der Waals surface area contributed by atoms with Gasteiger partial charge in [-0.2, -0.15) is 4.89 Å². The van der Waals surface area contributed by atoms with Crippen molar-refractivity contribution in [2.45, 2.75) is 26.1 Å². The fourth-order valence-electron chi connectivity index (χ4n) is 3.32. The number of carboxylic acids is 1. The fourth-order valence-corrected chi connectivity index (χ4v) is 3.56. The average molecular weight is 497 g/mol. The van der Waals surface area contributed by atoms with Crippen LogP contribution in [0.25, 0.3) is 0 Å². The van der Waals surface area contributed by atoms with E-state index >= 15 is 0 Å². The second-order valence-electron chi connectivity index (χ2n) is 7.10. The molecule has 1 aromatic carbocycles. The minimum Gasteiger partial charge on any atom is -0.478 e. The number of hydrogen-bond acceptors (Lipinski definition) is 8. The number of aliphatic carboxylic acids is 1. The smallest absolute Gasteiger partial charge is 0.328 e. The Balaban J connectivity index is 2.25. The van der Waals surface area contributed by atoms with E-state index < -0.39 is 24.1 Å². The van der Waals surface area contributed by atoms with E-state index in [0.29, 0.717) is 33.3 Å². The first-order valence-electron chi connectivity index (χ1n) is 10.5. The lowest BCUT2D eigenvalue weighted by molar-refractivity contribution is -0.263. The van der Waals surface area contributed by atoms with E-state index in [2.05, 4.69) is 10.6 Å². The van der Waals surface area contributed by atoms with Gasteiger partial charge in [-0.25, -0.2) is 4.79 Å². The lowest BCUT2D eigenvalue weighted by Crippen LogP contribution is -2.34. The van der Waals surface area contributed by atoms with Crippen LogP contribution in [0, 0.1) is 0 Å².